The number of hydrogen-bond donors (Lipinski definition) is 1. The Morgan fingerprint density at radius 3 is 2.67 bits per heavy atom. The Bertz CT molecular complexity index is 238. The minimum atomic E-state index is -0.712. The van der Waals surface area contributed by atoms with Crippen LogP contribution in [0.3, 0.4) is 0 Å². The molecule has 12 heavy (non-hydrogen) atoms. The number of carboxylic acids is 1. The van der Waals surface area contributed by atoms with Gasteiger partial charge in [0, 0.05) is 0 Å². The van der Waals surface area contributed by atoms with Gasteiger partial charge in [-0.25, -0.2) is 0 Å². The maximum atomic E-state index is 11.0. The molecule has 2 fully saturated rings. The molecule has 3 nitrogen and oxygen atoms in total. The molecule has 3 unspecified atom stereocenters. The van der Waals surface area contributed by atoms with Crippen molar-refractivity contribution < 1.29 is 14.6 Å². The van der Waals surface area contributed by atoms with Crippen molar-refractivity contribution in [1.82, 2.24) is 0 Å². The van der Waals surface area contributed by atoms with Crippen LogP contribution in [0.2, 0.25) is 0 Å². The first kappa shape index (κ1) is 8.05. The number of carboxylic acid groups (broad SMARTS) is 1. The van der Waals surface area contributed by atoms with E-state index in [-0.39, 0.29) is 11.7 Å². The highest BCUT2D eigenvalue weighted by Gasteiger charge is 2.66. The van der Waals surface area contributed by atoms with Gasteiger partial charge in [0.25, 0.3) is 0 Å². The van der Waals surface area contributed by atoms with E-state index in [2.05, 4.69) is 0 Å². The van der Waals surface area contributed by atoms with Crippen molar-refractivity contribution >= 4 is 5.97 Å². The molecule has 0 aromatic heterocycles. The maximum Gasteiger partial charge on any atom is 0.312 e. The van der Waals surface area contributed by atoms with Gasteiger partial charge < -0.3 is 9.84 Å². The van der Waals surface area contributed by atoms with Gasteiger partial charge >= 0.3 is 5.97 Å². The largest absolute Gasteiger partial charge is 0.481 e. The summed E-state index contributed by atoms with van der Waals surface area (Å²) in [6, 6.07) is 0. The van der Waals surface area contributed by atoms with Crippen LogP contribution in [-0.2, 0) is 9.53 Å². The monoisotopic (exact) mass is 170 g/mol. The molecule has 2 aliphatic rings. The summed E-state index contributed by atoms with van der Waals surface area (Å²) in [5.74, 6) is -0.712. The molecular formula is C9H14O3. The summed E-state index contributed by atoms with van der Waals surface area (Å²) in [6.07, 6.45) is 2.69. The zero-order valence-electron chi connectivity index (χ0n) is 7.46. The number of aliphatic carboxylic acids is 1. The average molecular weight is 170 g/mol. The summed E-state index contributed by atoms with van der Waals surface area (Å²) in [5.41, 5.74) is -0.752. The van der Waals surface area contributed by atoms with Crippen LogP contribution < -0.4 is 0 Å². The van der Waals surface area contributed by atoms with Gasteiger partial charge in [-0.3, -0.25) is 4.79 Å². The Balaban J connectivity index is 2.23. The number of rotatable bonds is 1. The molecule has 0 amide bonds. The molecule has 1 saturated carbocycles. The van der Waals surface area contributed by atoms with E-state index in [4.69, 9.17) is 9.84 Å². The smallest absolute Gasteiger partial charge is 0.312 e. The van der Waals surface area contributed by atoms with Crippen molar-refractivity contribution in [3.8, 4) is 0 Å². The molecule has 2 rings (SSSR count). The molecule has 68 valence electrons. The van der Waals surface area contributed by atoms with Crippen molar-refractivity contribution in [2.75, 3.05) is 0 Å². The Labute approximate surface area is 71.7 Å². The molecule has 1 heterocycles. The van der Waals surface area contributed by atoms with Crippen molar-refractivity contribution in [3.05, 3.63) is 0 Å². The van der Waals surface area contributed by atoms with Gasteiger partial charge in [-0.15, -0.1) is 0 Å². The van der Waals surface area contributed by atoms with E-state index in [9.17, 15) is 4.79 Å². The van der Waals surface area contributed by atoms with Crippen LogP contribution in [-0.4, -0.2) is 22.8 Å². The fourth-order valence-electron chi connectivity index (χ4n) is 2.39. The molecule has 1 aliphatic heterocycles. The second-order valence-corrected chi connectivity index (χ2v) is 4.39. The van der Waals surface area contributed by atoms with E-state index in [0.29, 0.717) is 0 Å². The Kier molecular flexibility index (Phi) is 1.35. The quantitative estimate of drug-likeness (QED) is 0.605. The molecular weight excluding hydrogens is 156 g/mol. The first-order chi connectivity index (χ1) is 5.49. The zero-order chi connectivity index (χ0) is 8.98. The summed E-state index contributed by atoms with van der Waals surface area (Å²) in [7, 11) is 0. The van der Waals surface area contributed by atoms with Gasteiger partial charge in [0.15, 0.2) is 0 Å². The third-order valence-corrected chi connectivity index (χ3v) is 3.32. The number of hydrogen-bond acceptors (Lipinski definition) is 2. The predicted octanol–water partition coefficient (Wildman–Crippen LogP) is 1.42. The van der Waals surface area contributed by atoms with Crippen molar-refractivity contribution in [2.24, 2.45) is 5.41 Å². The van der Waals surface area contributed by atoms with Gasteiger partial charge in [-0.2, -0.15) is 0 Å². The first-order valence-electron chi connectivity index (χ1n) is 4.40. The Morgan fingerprint density at radius 2 is 2.17 bits per heavy atom. The van der Waals surface area contributed by atoms with E-state index in [1.54, 1.807) is 6.92 Å². The normalized spacial score (nSPS) is 51.3. The molecule has 1 saturated heterocycles. The van der Waals surface area contributed by atoms with Crippen molar-refractivity contribution in [2.45, 2.75) is 44.8 Å². The predicted molar refractivity (Wildman–Crippen MR) is 42.9 cm³/mol. The Hall–Kier alpha value is -0.570. The highest BCUT2D eigenvalue weighted by Crippen LogP contribution is 2.56. The van der Waals surface area contributed by atoms with Gasteiger partial charge in [-0.1, -0.05) is 0 Å². The molecule has 0 radical (unpaired) electrons. The van der Waals surface area contributed by atoms with Crippen LogP contribution in [0.15, 0.2) is 0 Å². The van der Waals surface area contributed by atoms with Crippen molar-refractivity contribution in [3.63, 3.8) is 0 Å². The van der Waals surface area contributed by atoms with Gasteiger partial charge in [0.2, 0.25) is 0 Å². The summed E-state index contributed by atoms with van der Waals surface area (Å²) >= 11 is 0. The zero-order valence-corrected chi connectivity index (χ0v) is 7.46. The van der Waals surface area contributed by atoms with Gasteiger partial charge in [0.1, 0.15) is 6.10 Å². The molecule has 3 heteroatoms. The minimum Gasteiger partial charge on any atom is -0.481 e. The van der Waals surface area contributed by atoms with E-state index >= 15 is 0 Å². The van der Waals surface area contributed by atoms with Crippen LogP contribution in [0.1, 0.15) is 33.1 Å². The van der Waals surface area contributed by atoms with Crippen LogP contribution in [0.5, 0.6) is 0 Å². The van der Waals surface area contributed by atoms with Gasteiger partial charge in [-0.05, 0) is 33.1 Å². The average Bonchev–Trinajstić information content (AvgIpc) is 2.63. The van der Waals surface area contributed by atoms with Crippen LogP contribution in [0.25, 0.3) is 0 Å². The number of ether oxygens (including phenoxy) is 1. The summed E-state index contributed by atoms with van der Waals surface area (Å²) < 4.78 is 5.46. The Morgan fingerprint density at radius 1 is 1.50 bits per heavy atom. The molecule has 0 aromatic rings. The number of carbonyl (C=O) groups is 1. The molecule has 0 spiro atoms. The maximum absolute atomic E-state index is 11.0. The lowest BCUT2D eigenvalue weighted by atomic mass is 9.71. The lowest BCUT2D eigenvalue weighted by Crippen LogP contribution is -2.39. The molecule has 3 atom stereocenters. The first-order valence-corrected chi connectivity index (χ1v) is 4.40. The third kappa shape index (κ3) is 0.829. The number of fused-ring (bicyclic) bond motifs is 1. The fourth-order valence-corrected chi connectivity index (χ4v) is 2.39. The standard InChI is InChI=1S/C9H14O3/c1-8(7(10)11)4-3-5-9(2)6(8)12-9/h6H,3-5H2,1-2H3,(H,10,11). The fraction of sp³-hybridized carbons (Fsp3) is 0.889. The van der Waals surface area contributed by atoms with Crippen molar-refractivity contribution in [1.29, 1.82) is 0 Å². The molecule has 1 aliphatic carbocycles. The topological polar surface area (TPSA) is 49.8 Å². The van der Waals surface area contributed by atoms with Crippen LogP contribution in [0, 0.1) is 5.41 Å². The van der Waals surface area contributed by atoms with Crippen LogP contribution >= 0.6 is 0 Å². The highest BCUT2D eigenvalue weighted by atomic mass is 16.6. The SMILES string of the molecule is CC12CCCC(C)(C(=O)O)C1O2. The molecule has 0 aromatic carbocycles. The van der Waals surface area contributed by atoms with E-state index in [1.165, 1.54) is 0 Å². The van der Waals surface area contributed by atoms with E-state index < -0.39 is 11.4 Å². The minimum absolute atomic E-state index is 0.0451. The van der Waals surface area contributed by atoms with E-state index in [1.807, 2.05) is 6.92 Å². The van der Waals surface area contributed by atoms with Crippen LogP contribution in [0.4, 0.5) is 0 Å². The lowest BCUT2D eigenvalue weighted by Gasteiger charge is -2.28. The molecule has 0 bridgehead atoms. The summed E-state index contributed by atoms with van der Waals surface area (Å²) in [5, 5.41) is 9.03. The third-order valence-electron chi connectivity index (χ3n) is 3.32. The summed E-state index contributed by atoms with van der Waals surface area (Å²) in [4.78, 5) is 11.0. The highest BCUT2D eigenvalue weighted by molar-refractivity contribution is 5.76. The lowest BCUT2D eigenvalue weighted by molar-refractivity contribution is -0.150. The van der Waals surface area contributed by atoms with E-state index in [0.717, 1.165) is 19.3 Å². The van der Waals surface area contributed by atoms with Gasteiger partial charge in [0.05, 0.1) is 11.0 Å². The summed E-state index contributed by atoms with van der Waals surface area (Å²) in [6.45, 7) is 3.81. The molecule has 1 N–H and O–H groups in total. The number of epoxide rings is 1. The second kappa shape index (κ2) is 2.02. The second-order valence-electron chi connectivity index (χ2n) is 4.39.